The van der Waals surface area contributed by atoms with E-state index >= 15 is 0 Å². The smallest absolute Gasteiger partial charge is 0.410 e. The maximum Gasteiger partial charge on any atom is 0.410 e. The molecule has 1 aliphatic carbocycles. The molecule has 6 nitrogen and oxygen atoms in total. The SMILES string of the molecule is CC(C)(C)OC(=O)N1CCC(Nc2nc(N)c(CC3CC3)s2)CC1. The van der Waals surface area contributed by atoms with Gasteiger partial charge in [0, 0.05) is 19.1 Å². The van der Waals surface area contributed by atoms with Gasteiger partial charge in [0.15, 0.2) is 5.13 Å². The minimum Gasteiger partial charge on any atom is -0.444 e. The van der Waals surface area contributed by atoms with Gasteiger partial charge >= 0.3 is 6.09 Å². The summed E-state index contributed by atoms with van der Waals surface area (Å²) in [5, 5.41) is 4.41. The highest BCUT2D eigenvalue weighted by Crippen LogP contribution is 2.37. The van der Waals surface area contributed by atoms with E-state index < -0.39 is 5.60 Å². The Morgan fingerprint density at radius 3 is 2.58 bits per heavy atom. The van der Waals surface area contributed by atoms with Crippen molar-refractivity contribution in [3.63, 3.8) is 0 Å². The van der Waals surface area contributed by atoms with Gasteiger partial charge in [-0.25, -0.2) is 9.78 Å². The van der Waals surface area contributed by atoms with E-state index in [1.807, 2.05) is 20.8 Å². The first-order chi connectivity index (χ1) is 11.3. The fourth-order valence-electron chi connectivity index (χ4n) is 2.86. The Labute approximate surface area is 147 Å². The summed E-state index contributed by atoms with van der Waals surface area (Å²) in [6.07, 6.45) is 5.30. The number of anilines is 2. The second-order valence-electron chi connectivity index (χ2n) is 7.86. The monoisotopic (exact) mass is 352 g/mol. The molecule has 0 spiro atoms. The molecular formula is C17H28N4O2S. The Bertz CT molecular complexity index is 584. The zero-order chi connectivity index (χ0) is 17.3. The second kappa shape index (κ2) is 6.78. The molecule has 1 aromatic heterocycles. The molecule has 0 atom stereocenters. The molecule has 0 aromatic carbocycles. The highest BCUT2D eigenvalue weighted by molar-refractivity contribution is 7.16. The largest absolute Gasteiger partial charge is 0.444 e. The zero-order valence-electron chi connectivity index (χ0n) is 14.8. The molecule has 1 saturated carbocycles. The zero-order valence-corrected chi connectivity index (χ0v) is 15.6. The van der Waals surface area contributed by atoms with Crippen molar-refractivity contribution in [2.45, 2.75) is 64.5 Å². The van der Waals surface area contributed by atoms with Gasteiger partial charge in [-0.2, -0.15) is 0 Å². The van der Waals surface area contributed by atoms with Crippen LogP contribution in [-0.2, 0) is 11.2 Å². The van der Waals surface area contributed by atoms with Gasteiger partial charge in [0.05, 0.1) is 4.88 Å². The van der Waals surface area contributed by atoms with Crippen LogP contribution in [0.1, 0.15) is 51.3 Å². The van der Waals surface area contributed by atoms with E-state index in [1.165, 1.54) is 17.7 Å². The number of carbonyl (C=O) groups excluding carboxylic acids is 1. The number of nitrogens with two attached hydrogens (primary N) is 1. The summed E-state index contributed by atoms with van der Waals surface area (Å²) in [5.41, 5.74) is 5.59. The van der Waals surface area contributed by atoms with Crippen LogP contribution in [0, 0.1) is 5.92 Å². The molecule has 1 amide bonds. The van der Waals surface area contributed by atoms with Crippen molar-refractivity contribution in [3.8, 4) is 0 Å². The van der Waals surface area contributed by atoms with Crippen molar-refractivity contribution in [1.82, 2.24) is 9.88 Å². The molecule has 7 heteroatoms. The first kappa shape index (κ1) is 17.3. The third kappa shape index (κ3) is 4.75. The number of ether oxygens (including phenoxy) is 1. The molecule has 24 heavy (non-hydrogen) atoms. The van der Waals surface area contributed by atoms with Crippen molar-refractivity contribution in [1.29, 1.82) is 0 Å². The fourth-order valence-corrected chi connectivity index (χ4v) is 3.94. The van der Waals surface area contributed by atoms with E-state index in [2.05, 4.69) is 10.3 Å². The van der Waals surface area contributed by atoms with Crippen LogP contribution in [0.25, 0.3) is 0 Å². The Balaban J connectivity index is 1.47. The lowest BCUT2D eigenvalue weighted by molar-refractivity contribution is 0.0210. The van der Waals surface area contributed by atoms with Crippen LogP contribution in [0.3, 0.4) is 0 Å². The van der Waals surface area contributed by atoms with E-state index in [-0.39, 0.29) is 6.09 Å². The predicted octanol–water partition coefficient (Wildman–Crippen LogP) is 3.49. The fraction of sp³-hybridized carbons (Fsp3) is 0.765. The summed E-state index contributed by atoms with van der Waals surface area (Å²) in [7, 11) is 0. The highest BCUT2D eigenvalue weighted by Gasteiger charge is 2.28. The molecule has 0 unspecified atom stereocenters. The van der Waals surface area contributed by atoms with Crippen molar-refractivity contribution in [2.24, 2.45) is 5.92 Å². The summed E-state index contributed by atoms with van der Waals surface area (Å²) in [6, 6.07) is 0.336. The lowest BCUT2D eigenvalue weighted by Crippen LogP contribution is -2.44. The van der Waals surface area contributed by atoms with Crippen LogP contribution in [-0.4, -0.2) is 40.7 Å². The Kier molecular flexibility index (Phi) is 4.90. The van der Waals surface area contributed by atoms with Gasteiger partial charge in [-0.15, -0.1) is 0 Å². The molecule has 2 heterocycles. The number of hydrogen-bond acceptors (Lipinski definition) is 6. The van der Waals surface area contributed by atoms with Crippen molar-refractivity contribution >= 4 is 28.4 Å². The van der Waals surface area contributed by atoms with E-state index in [0.717, 1.165) is 30.3 Å². The number of nitrogens with zero attached hydrogens (tertiary/aromatic N) is 2. The van der Waals surface area contributed by atoms with Gasteiger partial charge in [0.2, 0.25) is 0 Å². The first-order valence-corrected chi connectivity index (χ1v) is 9.61. The molecule has 0 bridgehead atoms. The average Bonchev–Trinajstić information content (AvgIpc) is 3.23. The molecule has 0 radical (unpaired) electrons. The number of likely N-dealkylation sites (tertiary alicyclic amines) is 1. The van der Waals surface area contributed by atoms with E-state index in [0.29, 0.717) is 24.9 Å². The Morgan fingerprint density at radius 2 is 2.00 bits per heavy atom. The molecule has 1 aromatic rings. The number of nitrogen functional groups attached to an aromatic ring is 1. The topological polar surface area (TPSA) is 80.5 Å². The summed E-state index contributed by atoms with van der Waals surface area (Å²) in [4.78, 5) is 19.6. The molecule has 2 fully saturated rings. The van der Waals surface area contributed by atoms with Gasteiger partial charge in [-0.3, -0.25) is 0 Å². The predicted molar refractivity (Wildman–Crippen MR) is 97.4 cm³/mol. The molecule has 1 saturated heterocycles. The van der Waals surface area contributed by atoms with Crippen LogP contribution < -0.4 is 11.1 Å². The Hall–Kier alpha value is -1.50. The number of nitrogens with one attached hydrogen (secondary N) is 1. The quantitative estimate of drug-likeness (QED) is 0.867. The maximum atomic E-state index is 12.1. The van der Waals surface area contributed by atoms with Crippen molar-refractivity contribution in [3.05, 3.63) is 4.88 Å². The average molecular weight is 353 g/mol. The molecular weight excluding hydrogens is 324 g/mol. The normalized spacial score (nSPS) is 19.4. The lowest BCUT2D eigenvalue weighted by atomic mass is 10.1. The number of rotatable bonds is 4. The maximum absolute atomic E-state index is 12.1. The van der Waals surface area contributed by atoms with E-state index in [4.69, 9.17) is 10.5 Å². The van der Waals surface area contributed by atoms with Gasteiger partial charge in [-0.1, -0.05) is 11.3 Å². The molecule has 3 N–H and O–H groups in total. The summed E-state index contributed by atoms with van der Waals surface area (Å²) >= 11 is 1.68. The third-order valence-corrected chi connectivity index (χ3v) is 5.40. The number of amides is 1. The summed E-state index contributed by atoms with van der Waals surface area (Å²) < 4.78 is 5.43. The Morgan fingerprint density at radius 1 is 1.33 bits per heavy atom. The van der Waals surface area contributed by atoms with Gasteiger partial charge in [0.1, 0.15) is 11.4 Å². The van der Waals surface area contributed by atoms with Crippen LogP contribution in [0.5, 0.6) is 0 Å². The van der Waals surface area contributed by atoms with E-state index in [9.17, 15) is 4.79 Å². The number of aromatic nitrogens is 1. The van der Waals surface area contributed by atoms with Gasteiger partial charge in [-0.05, 0) is 58.8 Å². The minimum absolute atomic E-state index is 0.217. The molecule has 1 aliphatic heterocycles. The minimum atomic E-state index is -0.442. The first-order valence-electron chi connectivity index (χ1n) is 8.80. The standard InChI is InChI=1S/C17H28N4O2S/c1-17(2,3)23-16(22)21-8-6-12(7-9-21)19-15-20-14(18)13(24-15)10-11-4-5-11/h11-12H,4-10,18H2,1-3H3,(H,19,20). The van der Waals surface area contributed by atoms with Crippen LogP contribution in [0.2, 0.25) is 0 Å². The highest BCUT2D eigenvalue weighted by atomic mass is 32.1. The molecule has 134 valence electrons. The van der Waals surface area contributed by atoms with Gasteiger partial charge in [0.25, 0.3) is 0 Å². The van der Waals surface area contributed by atoms with Crippen molar-refractivity contribution in [2.75, 3.05) is 24.1 Å². The van der Waals surface area contributed by atoms with Crippen LogP contribution >= 0.6 is 11.3 Å². The summed E-state index contributed by atoms with van der Waals surface area (Å²) in [5.74, 6) is 1.50. The number of hydrogen-bond donors (Lipinski definition) is 2. The van der Waals surface area contributed by atoms with Gasteiger partial charge < -0.3 is 20.7 Å². The molecule has 3 rings (SSSR count). The third-order valence-electron chi connectivity index (χ3n) is 4.37. The number of carbonyl (C=O) groups is 1. The number of thiazole rings is 1. The van der Waals surface area contributed by atoms with E-state index in [1.54, 1.807) is 16.2 Å². The lowest BCUT2D eigenvalue weighted by Gasteiger charge is -2.33. The van der Waals surface area contributed by atoms with Crippen LogP contribution in [0.15, 0.2) is 0 Å². The van der Waals surface area contributed by atoms with Crippen LogP contribution in [0.4, 0.5) is 15.7 Å². The van der Waals surface area contributed by atoms with Crippen molar-refractivity contribution < 1.29 is 9.53 Å². The second-order valence-corrected chi connectivity index (χ2v) is 8.94. The summed E-state index contributed by atoms with van der Waals surface area (Å²) in [6.45, 7) is 7.10. The number of piperidine rings is 1. The molecule has 2 aliphatic rings.